The van der Waals surface area contributed by atoms with E-state index < -0.39 is 0 Å². The summed E-state index contributed by atoms with van der Waals surface area (Å²) in [4.78, 5) is 0. The maximum atomic E-state index is 5.16. The Bertz CT molecular complexity index is 87.6. The minimum Gasteiger partial charge on any atom is -0.349 e. The maximum absolute atomic E-state index is 5.16. The molecule has 2 nitrogen and oxygen atoms in total. The first kappa shape index (κ1) is 10.0. The molecule has 60 valence electrons. The lowest BCUT2D eigenvalue weighted by molar-refractivity contribution is -0.103. The van der Waals surface area contributed by atoms with Crippen molar-refractivity contribution < 1.29 is 9.47 Å². The zero-order valence-corrected chi connectivity index (χ0v) is 7.30. The highest BCUT2D eigenvalue weighted by molar-refractivity contribution is 7.83. The van der Waals surface area contributed by atoms with Crippen LogP contribution in [-0.2, 0) is 9.47 Å². The molecule has 0 bridgehead atoms. The standard InChI is InChI=1S/C7H14O2S/c1-3-8-7(5-6-10)9-4-2/h5-7,10H,3-4H2,1-2H3/b6-5+. The fraction of sp³-hybridized carbons (Fsp3) is 0.714. The molecule has 0 amide bonds. The molecule has 0 fully saturated rings. The molecular weight excluding hydrogens is 148 g/mol. The first-order valence-corrected chi connectivity index (χ1v) is 3.90. The first-order chi connectivity index (χ1) is 4.85. The van der Waals surface area contributed by atoms with Crippen LogP contribution in [0.4, 0.5) is 0 Å². The molecule has 0 unspecified atom stereocenters. The van der Waals surface area contributed by atoms with Gasteiger partial charge < -0.3 is 9.47 Å². The fourth-order valence-corrected chi connectivity index (χ4v) is 0.699. The van der Waals surface area contributed by atoms with Gasteiger partial charge in [-0.25, -0.2) is 0 Å². The topological polar surface area (TPSA) is 18.5 Å². The van der Waals surface area contributed by atoms with E-state index in [9.17, 15) is 0 Å². The van der Waals surface area contributed by atoms with Crippen LogP contribution < -0.4 is 0 Å². The summed E-state index contributed by atoms with van der Waals surface area (Å²) in [6.07, 6.45) is 1.53. The molecule has 0 radical (unpaired) electrons. The third kappa shape index (κ3) is 4.85. The van der Waals surface area contributed by atoms with E-state index in [0.29, 0.717) is 13.2 Å². The number of hydrogen-bond donors (Lipinski definition) is 1. The highest BCUT2D eigenvalue weighted by atomic mass is 32.1. The summed E-state index contributed by atoms with van der Waals surface area (Å²) in [6.45, 7) is 5.17. The van der Waals surface area contributed by atoms with Crippen molar-refractivity contribution in [1.29, 1.82) is 0 Å². The first-order valence-electron chi connectivity index (χ1n) is 3.39. The molecule has 3 heteroatoms. The van der Waals surface area contributed by atoms with E-state index in [4.69, 9.17) is 9.47 Å². The minimum atomic E-state index is -0.229. The summed E-state index contributed by atoms with van der Waals surface area (Å²) in [5.74, 6) is 0. The predicted octanol–water partition coefficient (Wildman–Crippen LogP) is 1.83. The third-order valence-corrected chi connectivity index (χ3v) is 1.08. The number of thiol groups is 1. The average molecular weight is 162 g/mol. The van der Waals surface area contributed by atoms with Gasteiger partial charge in [0.25, 0.3) is 0 Å². The molecule has 0 aromatic heterocycles. The summed E-state index contributed by atoms with van der Waals surface area (Å²) < 4.78 is 10.3. The van der Waals surface area contributed by atoms with Crippen LogP contribution in [0.25, 0.3) is 0 Å². The van der Waals surface area contributed by atoms with Crippen molar-refractivity contribution in [2.45, 2.75) is 20.1 Å². The Hall–Kier alpha value is 0.01000. The van der Waals surface area contributed by atoms with Crippen LogP contribution in [0.3, 0.4) is 0 Å². The molecular formula is C7H14O2S. The van der Waals surface area contributed by atoms with E-state index in [1.54, 1.807) is 11.5 Å². The van der Waals surface area contributed by atoms with Crippen LogP contribution in [0.15, 0.2) is 11.5 Å². The van der Waals surface area contributed by atoms with Crippen molar-refractivity contribution in [2.75, 3.05) is 13.2 Å². The highest BCUT2D eigenvalue weighted by Gasteiger charge is 1.99. The molecule has 0 aliphatic rings. The van der Waals surface area contributed by atoms with Crippen LogP contribution in [0.2, 0.25) is 0 Å². The zero-order chi connectivity index (χ0) is 7.82. The van der Waals surface area contributed by atoms with E-state index >= 15 is 0 Å². The van der Waals surface area contributed by atoms with Crippen LogP contribution in [-0.4, -0.2) is 19.5 Å². The summed E-state index contributed by atoms with van der Waals surface area (Å²) in [7, 11) is 0. The highest BCUT2D eigenvalue weighted by Crippen LogP contribution is 1.97. The van der Waals surface area contributed by atoms with Crippen molar-refractivity contribution in [3.8, 4) is 0 Å². The van der Waals surface area contributed by atoms with Crippen LogP contribution in [0.5, 0.6) is 0 Å². The lowest BCUT2D eigenvalue weighted by Crippen LogP contribution is -2.13. The van der Waals surface area contributed by atoms with Crippen molar-refractivity contribution in [3.63, 3.8) is 0 Å². The van der Waals surface area contributed by atoms with Gasteiger partial charge >= 0.3 is 0 Å². The van der Waals surface area contributed by atoms with Gasteiger partial charge in [-0.1, -0.05) is 0 Å². The Morgan fingerprint density at radius 1 is 1.30 bits per heavy atom. The number of ether oxygens (including phenoxy) is 2. The van der Waals surface area contributed by atoms with E-state index in [0.717, 1.165) is 0 Å². The van der Waals surface area contributed by atoms with E-state index in [1.807, 2.05) is 13.8 Å². The Labute approximate surface area is 67.6 Å². The third-order valence-electron chi connectivity index (χ3n) is 0.905. The van der Waals surface area contributed by atoms with E-state index in [2.05, 4.69) is 12.6 Å². The normalized spacial score (nSPS) is 11.6. The van der Waals surface area contributed by atoms with Gasteiger partial charge in [-0.15, -0.1) is 0 Å². The van der Waals surface area contributed by atoms with E-state index in [1.165, 1.54) is 0 Å². The molecule has 0 heterocycles. The van der Waals surface area contributed by atoms with Crippen molar-refractivity contribution in [1.82, 2.24) is 0 Å². The molecule has 0 aromatic carbocycles. The van der Waals surface area contributed by atoms with Gasteiger partial charge in [0.2, 0.25) is 0 Å². The predicted molar refractivity (Wildman–Crippen MR) is 45.2 cm³/mol. The Balaban J connectivity index is 3.50. The molecule has 0 N–H and O–H groups in total. The number of hydrogen-bond acceptors (Lipinski definition) is 3. The van der Waals surface area contributed by atoms with Gasteiger partial charge in [0.1, 0.15) is 0 Å². The summed E-state index contributed by atoms with van der Waals surface area (Å²) >= 11 is 3.90. The Morgan fingerprint density at radius 2 is 1.80 bits per heavy atom. The number of rotatable bonds is 5. The van der Waals surface area contributed by atoms with Crippen LogP contribution in [0.1, 0.15) is 13.8 Å². The van der Waals surface area contributed by atoms with Crippen LogP contribution >= 0.6 is 12.6 Å². The molecule has 0 aliphatic heterocycles. The summed E-state index contributed by atoms with van der Waals surface area (Å²) in [5, 5.41) is 1.62. The second kappa shape index (κ2) is 7.12. The van der Waals surface area contributed by atoms with Crippen molar-refractivity contribution in [3.05, 3.63) is 11.5 Å². The molecule has 0 aromatic rings. The Kier molecular flexibility index (Phi) is 7.13. The Morgan fingerprint density at radius 3 is 2.10 bits per heavy atom. The monoisotopic (exact) mass is 162 g/mol. The van der Waals surface area contributed by atoms with Gasteiger partial charge in [0.05, 0.1) is 0 Å². The zero-order valence-electron chi connectivity index (χ0n) is 6.41. The second-order valence-corrected chi connectivity index (χ2v) is 1.92. The van der Waals surface area contributed by atoms with Gasteiger partial charge in [-0.3, -0.25) is 0 Å². The molecule has 0 saturated carbocycles. The van der Waals surface area contributed by atoms with Crippen molar-refractivity contribution >= 4 is 12.6 Å². The molecule has 10 heavy (non-hydrogen) atoms. The second-order valence-electron chi connectivity index (χ2n) is 1.62. The minimum absolute atomic E-state index is 0.229. The molecule has 0 aliphatic carbocycles. The quantitative estimate of drug-likeness (QED) is 0.491. The molecule has 0 saturated heterocycles. The average Bonchev–Trinajstić information content (AvgIpc) is 1.90. The van der Waals surface area contributed by atoms with Crippen LogP contribution in [0, 0.1) is 0 Å². The summed E-state index contributed by atoms with van der Waals surface area (Å²) in [6, 6.07) is 0. The SMILES string of the molecule is CCOC(/C=C/S)OCC. The van der Waals surface area contributed by atoms with E-state index in [-0.39, 0.29) is 6.29 Å². The molecule has 0 spiro atoms. The smallest absolute Gasteiger partial charge is 0.177 e. The van der Waals surface area contributed by atoms with Gasteiger partial charge in [-0.2, -0.15) is 12.6 Å². The largest absolute Gasteiger partial charge is 0.349 e. The van der Waals surface area contributed by atoms with Gasteiger partial charge in [-0.05, 0) is 25.3 Å². The van der Waals surface area contributed by atoms with Gasteiger partial charge in [0, 0.05) is 13.2 Å². The molecule has 0 atom stereocenters. The van der Waals surface area contributed by atoms with Crippen molar-refractivity contribution in [2.24, 2.45) is 0 Å². The molecule has 0 rings (SSSR count). The van der Waals surface area contributed by atoms with Gasteiger partial charge in [0.15, 0.2) is 6.29 Å². The summed E-state index contributed by atoms with van der Waals surface area (Å²) in [5.41, 5.74) is 0. The lowest BCUT2D eigenvalue weighted by atomic mass is 10.6. The fourth-order valence-electron chi connectivity index (χ4n) is 0.558. The maximum Gasteiger partial charge on any atom is 0.177 e. The lowest BCUT2D eigenvalue weighted by Gasteiger charge is -2.11.